The van der Waals surface area contributed by atoms with E-state index in [0.29, 0.717) is 11.4 Å². The van der Waals surface area contributed by atoms with Crippen LogP contribution < -0.4 is 9.64 Å². The van der Waals surface area contributed by atoms with Crippen LogP contribution in [0.3, 0.4) is 0 Å². The molecule has 1 amide bonds. The van der Waals surface area contributed by atoms with Crippen molar-refractivity contribution < 1.29 is 29.1 Å². The van der Waals surface area contributed by atoms with Gasteiger partial charge in [-0.25, -0.2) is 4.79 Å². The molecule has 0 unspecified atom stereocenters. The van der Waals surface area contributed by atoms with Gasteiger partial charge in [0.05, 0.1) is 30.3 Å². The minimum absolute atomic E-state index is 0.0151. The fourth-order valence-electron chi connectivity index (χ4n) is 3.19. The molecule has 154 valence electrons. The number of amides is 1. The minimum atomic E-state index is -0.723. The highest BCUT2D eigenvalue weighted by Gasteiger charge is 2.38. The zero-order valence-corrected chi connectivity index (χ0v) is 16.4. The van der Waals surface area contributed by atoms with Crippen molar-refractivity contribution in [3.8, 4) is 11.5 Å². The first-order valence-electron chi connectivity index (χ1n) is 8.76. The molecule has 30 heavy (non-hydrogen) atoms. The van der Waals surface area contributed by atoms with Crippen LogP contribution in [0.5, 0.6) is 11.5 Å². The van der Waals surface area contributed by atoms with Crippen molar-refractivity contribution in [3.63, 3.8) is 0 Å². The van der Waals surface area contributed by atoms with Gasteiger partial charge >= 0.3 is 5.97 Å². The van der Waals surface area contributed by atoms with Crippen LogP contribution in [0.25, 0.3) is 6.08 Å². The molecule has 0 radical (unpaired) electrons. The van der Waals surface area contributed by atoms with E-state index in [9.17, 15) is 24.8 Å². The molecule has 3 rings (SSSR count). The molecule has 0 spiro atoms. The highest BCUT2D eigenvalue weighted by atomic mass is 16.6. The molecule has 1 aliphatic heterocycles. The zero-order valence-electron chi connectivity index (χ0n) is 16.4. The number of nitro groups is 1. The van der Waals surface area contributed by atoms with E-state index >= 15 is 0 Å². The molecule has 1 N–H and O–H groups in total. The van der Waals surface area contributed by atoms with E-state index in [1.165, 1.54) is 49.5 Å². The van der Waals surface area contributed by atoms with Crippen LogP contribution in [0, 0.1) is 10.1 Å². The lowest BCUT2D eigenvalue weighted by Gasteiger charge is -2.17. The number of nitrogens with zero attached hydrogens (tertiary/aromatic N) is 2. The number of allylic oxidation sites excluding steroid dienone is 1. The number of non-ortho nitro benzene ring substituents is 1. The maximum absolute atomic E-state index is 13.2. The highest BCUT2D eigenvalue weighted by molar-refractivity contribution is 6.24. The van der Waals surface area contributed by atoms with Crippen molar-refractivity contribution in [3.05, 3.63) is 75.0 Å². The number of methoxy groups -OCH3 is 2. The van der Waals surface area contributed by atoms with E-state index < -0.39 is 16.8 Å². The van der Waals surface area contributed by atoms with Gasteiger partial charge in [0.25, 0.3) is 11.6 Å². The summed E-state index contributed by atoms with van der Waals surface area (Å²) in [6.45, 7) is 1.57. The SMILES string of the molecule is COC(=O)C1=C(C)N(c2ccc([N+](=O)[O-])cc2)C(=O)/C1=C\c1cccc(OC)c1O. The molecule has 1 aliphatic rings. The van der Waals surface area contributed by atoms with Crippen molar-refractivity contribution in [2.45, 2.75) is 6.92 Å². The number of hydrogen-bond donors (Lipinski definition) is 1. The number of phenolic OH excluding ortho intramolecular Hbond substituents is 1. The van der Waals surface area contributed by atoms with Crippen LogP contribution in [0.15, 0.2) is 59.3 Å². The Morgan fingerprint density at radius 1 is 1.17 bits per heavy atom. The summed E-state index contributed by atoms with van der Waals surface area (Å²) >= 11 is 0. The average molecular weight is 410 g/mol. The number of anilines is 1. The van der Waals surface area contributed by atoms with Crippen molar-refractivity contribution in [2.75, 3.05) is 19.1 Å². The predicted molar refractivity (Wildman–Crippen MR) is 108 cm³/mol. The van der Waals surface area contributed by atoms with Crippen LogP contribution in [-0.2, 0) is 14.3 Å². The number of aromatic hydroxyl groups is 1. The molecule has 2 aromatic rings. The quantitative estimate of drug-likeness (QED) is 0.348. The maximum Gasteiger partial charge on any atom is 0.340 e. The molecule has 9 heteroatoms. The van der Waals surface area contributed by atoms with E-state index in [0.717, 1.165) is 0 Å². The molecule has 9 nitrogen and oxygen atoms in total. The van der Waals surface area contributed by atoms with Crippen LogP contribution >= 0.6 is 0 Å². The number of hydrogen-bond acceptors (Lipinski definition) is 7. The van der Waals surface area contributed by atoms with E-state index in [-0.39, 0.29) is 33.9 Å². The molecule has 0 bridgehead atoms. The van der Waals surface area contributed by atoms with Crippen LogP contribution in [0.1, 0.15) is 12.5 Å². The number of rotatable bonds is 5. The number of phenols is 1. The third-order valence-corrected chi connectivity index (χ3v) is 4.66. The van der Waals surface area contributed by atoms with Gasteiger partial charge in [0, 0.05) is 29.1 Å². The van der Waals surface area contributed by atoms with Gasteiger partial charge in [0.15, 0.2) is 11.5 Å². The van der Waals surface area contributed by atoms with Gasteiger partial charge in [-0.1, -0.05) is 12.1 Å². The fourth-order valence-corrected chi connectivity index (χ4v) is 3.19. The van der Waals surface area contributed by atoms with E-state index in [4.69, 9.17) is 9.47 Å². The van der Waals surface area contributed by atoms with Gasteiger partial charge in [0.1, 0.15) is 0 Å². The summed E-state index contributed by atoms with van der Waals surface area (Å²) in [7, 11) is 2.59. The summed E-state index contributed by atoms with van der Waals surface area (Å²) in [5, 5.41) is 21.3. The van der Waals surface area contributed by atoms with Gasteiger partial charge in [-0.2, -0.15) is 0 Å². The maximum atomic E-state index is 13.2. The number of carbonyl (C=O) groups excluding carboxylic acids is 2. The summed E-state index contributed by atoms with van der Waals surface area (Å²) in [6.07, 6.45) is 1.38. The number of nitro benzene ring substituents is 1. The predicted octanol–water partition coefficient (Wildman–Crippen LogP) is 3.19. The van der Waals surface area contributed by atoms with E-state index in [1.807, 2.05) is 0 Å². The van der Waals surface area contributed by atoms with E-state index in [1.54, 1.807) is 25.1 Å². The van der Waals surface area contributed by atoms with Crippen molar-refractivity contribution >= 4 is 29.3 Å². The third kappa shape index (κ3) is 3.48. The topological polar surface area (TPSA) is 119 Å². The van der Waals surface area contributed by atoms with Crippen molar-refractivity contribution in [1.82, 2.24) is 0 Å². The second kappa shape index (κ2) is 8.08. The fraction of sp³-hybridized carbons (Fsp3) is 0.143. The second-order valence-electron chi connectivity index (χ2n) is 6.32. The summed E-state index contributed by atoms with van der Waals surface area (Å²) < 4.78 is 9.92. The summed E-state index contributed by atoms with van der Waals surface area (Å²) in [6, 6.07) is 10.1. The lowest BCUT2D eigenvalue weighted by Crippen LogP contribution is -2.24. The van der Waals surface area contributed by atoms with Crippen molar-refractivity contribution in [1.29, 1.82) is 0 Å². The molecule has 0 atom stereocenters. The minimum Gasteiger partial charge on any atom is -0.504 e. The van der Waals surface area contributed by atoms with Gasteiger partial charge in [-0.05, 0) is 31.2 Å². The molecule has 0 aliphatic carbocycles. The molecule has 0 aromatic heterocycles. The van der Waals surface area contributed by atoms with Gasteiger partial charge in [-0.15, -0.1) is 0 Å². The normalized spacial score (nSPS) is 15.0. The first-order chi connectivity index (χ1) is 14.3. The van der Waals surface area contributed by atoms with Crippen LogP contribution in [0.2, 0.25) is 0 Å². The number of carbonyl (C=O) groups is 2. The monoisotopic (exact) mass is 410 g/mol. The number of benzene rings is 2. The first-order valence-corrected chi connectivity index (χ1v) is 8.76. The number of esters is 1. The third-order valence-electron chi connectivity index (χ3n) is 4.66. The molecule has 2 aromatic carbocycles. The molecular weight excluding hydrogens is 392 g/mol. The van der Waals surface area contributed by atoms with E-state index in [2.05, 4.69) is 0 Å². The molecular formula is C21H18N2O7. The average Bonchev–Trinajstić information content (AvgIpc) is 2.98. The standard InChI is InChI=1S/C21H18N2O7/c1-12-18(21(26)30-3)16(11-13-5-4-6-17(29-2)19(13)24)20(25)22(12)14-7-9-15(10-8-14)23(27)28/h4-11,24H,1-3H3/b16-11-. The largest absolute Gasteiger partial charge is 0.504 e. The Morgan fingerprint density at radius 3 is 2.40 bits per heavy atom. The lowest BCUT2D eigenvalue weighted by atomic mass is 10.0. The Hall–Kier alpha value is -4.14. The Labute approximate surface area is 171 Å². The molecule has 0 saturated carbocycles. The Morgan fingerprint density at radius 2 is 1.83 bits per heavy atom. The highest BCUT2D eigenvalue weighted by Crippen LogP contribution is 2.38. The number of ether oxygens (including phenoxy) is 2. The van der Waals surface area contributed by atoms with Crippen molar-refractivity contribution in [2.24, 2.45) is 0 Å². The second-order valence-corrected chi connectivity index (χ2v) is 6.32. The molecule has 0 saturated heterocycles. The lowest BCUT2D eigenvalue weighted by molar-refractivity contribution is -0.384. The van der Waals surface area contributed by atoms with Crippen LogP contribution in [-0.4, -0.2) is 36.1 Å². The Bertz CT molecular complexity index is 1100. The molecule has 0 fully saturated rings. The Kier molecular flexibility index (Phi) is 5.54. The summed E-state index contributed by atoms with van der Waals surface area (Å²) in [5.74, 6) is -1.24. The van der Waals surface area contributed by atoms with Gasteiger partial charge in [-0.3, -0.25) is 19.8 Å². The summed E-state index contributed by atoms with van der Waals surface area (Å²) in [5.41, 5.74) is 0.844. The van der Waals surface area contributed by atoms with Gasteiger partial charge in [0.2, 0.25) is 0 Å². The molecule has 1 heterocycles. The zero-order chi connectivity index (χ0) is 22.0. The first kappa shape index (κ1) is 20.6. The van der Waals surface area contributed by atoms with Crippen LogP contribution in [0.4, 0.5) is 11.4 Å². The Balaban J connectivity index is 2.14. The summed E-state index contributed by atoms with van der Waals surface area (Å²) in [4.78, 5) is 37.2. The number of para-hydroxylation sites is 1. The van der Waals surface area contributed by atoms with Gasteiger partial charge < -0.3 is 14.6 Å². The smallest absolute Gasteiger partial charge is 0.340 e.